The van der Waals surface area contributed by atoms with Crippen molar-refractivity contribution in [3.05, 3.63) is 70.8 Å². The third-order valence-electron chi connectivity index (χ3n) is 5.17. The molecule has 0 aliphatic heterocycles. The van der Waals surface area contributed by atoms with E-state index in [0.29, 0.717) is 31.2 Å². The van der Waals surface area contributed by atoms with E-state index in [1.807, 2.05) is 31.1 Å². The van der Waals surface area contributed by atoms with Crippen molar-refractivity contribution in [1.29, 1.82) is 0 Å². The molecule has 1 aliphatic rings. The van der Waals surface area contributed by atoms with Crippen molar-refractivity contribution in [3.8, 4) is 0 Å². The zero-order chi connectivity index (χ0) is 20.1. The Morgan fingerprint density at radius 3 is 2.48 bits per heavy atom. The van der Waals surface area contributed by atoms with E-state index in [-0.39, 0.29) is 41.0 Å². The topological polar surface area (TPSA) is 39.7 Å². The number of rotatable bonds is 7. The van der Waals surface area contributed by atoms with Crippen LogP contribution in [0.3, 0.4) is 0 Å². The van der Waals surface area contributed by atoms with Gasteiger partial charge in [0.15, 0.2) is 5.96 Å². The van der Waals surface area contributed by atoms with Gasteiger partial charge in [0.05, 0.1) is 0 Å². The molecule has 0 atom stereocenters. The lowest BCUT2D eigenvalue weighted by Gasteiger charge is -2.19. The second-order valence-electron chi connectivity index (χ2n) is 7.73. The molecule has 0 amide bonds. The molecule has 4 nitrogen and oxygen atoms in total. The van der Waals surface area contributed by atoms with Crippen molar-refractivity contribution in [2.75, 3.05) is 27.7 Å². The third-order valence-corrected chi connectivity index (χ3v) is 5.17. The summed E-state index contributed by atoms with van der Waals surface area (Å²) >= 11 is 0. The Bertz CT molecular complexity index is 850. The summed E-state index contributed by atoms with van der Waals surface area (Å²) < 4.78 is 27.5. The molecule has 0 unspecified atom stereocenters. The SMILES string of the molecule is CN=C(NCc1ccc(F)c(CN(C)C)c1)NCC1(c2cccc(F)c2)CC1.I. The van der Waals surface area contributed by atoms with Gasteiger partial charge in [0.2, 0.25) is 0 Å². The predicted molar refractivity (Wildman–Crippen MR) is 125 cm³/mol. The number of halogens is 3. The van der Waals surface area contributed by atoms with E-state index in [0.717, 1.165) is 24.0 Å². The number of benzene rings is 2. The van der Waals surface area contributed by atoms with Crippen molar-refractivity contribution < 1.29 is 8.78 Å². The van der Waals surface area contributed by atoms with Gasteiger partial charge in [-0.2, -0.15) is 0 Å². The molecule has 29 heavy (non-hydrogen) atoms. The first-order valence-electron chi connectivity index (χ1n) is 9.54. The molecular weight excluding hydrogens is 485 g/mol. The molecule has 0 saturated heterocycles. The summed E-state index contributed by atoms with van der Waals surface area (Å²) in [5, 5.41) is 6.63. The summed E-state index contributed by atoms with van der Waals surface area (Å²) in [7, 11) is 5.56. The highest BCUT2D eigenvalue weighted by atomic mass is 127. The maximum atomic E-state index is 13.9. The lowest BCUT2D eigenvalue weighted by atomic mass is 9.96. The molecule has 1 aliphatic carbocycles. The van der Waals surface area contributed by atoms with Gasteiger partial charge in [-0.3, -0.25) is 4.99 Å². The Kier molecular flexibility index (Phi) is 8.39. The molecule has 2 aromatic carbocycles. The Balaban J connectivity index is 0.00000300. The van der Waals surface area contributed by atoms with E-state index in [1.54, 1.807) is 25.2 Å². The molecule has 1 saturated carbocycles. The smallest absolute Gasteiger partial charge is 0.191 e. The maximum absolute atomic E-state index is 13.9. The molecule has 7 heteroatoms. The van der Waals surface area contributed by atoms with E-state index in [4.69, 9.17) is 0 Å². The van der Waals surface area contributed by atoms with E-state index in [2.05, 4.69) is 15.6 Å². The number of hydrogen-bond donors (Lipinski definition) is 2. The Labute approximate surface area is 188 Å². The van der Waals surface area contributed by atoms with Crippen LogP contribution in [-0.4, -0.2) is 38.5 Å². The third kappa shape index (κ3) is 6.37. The van der Waals surface area contributed by atoms with Gasteiger partial charge in [0, 0.05) is 37.7 Å². The van der Waals surface area contributed by atoms with E-state index < -0.39 is 0 Å². The molecule has 1 fully saturated rings. The Morgan fingerprint density at radius 1 is 1.10 bits per heavy atom. The normalized spacial score (nSPS) is 15.0. The fourth-order valence-electron chi connectivity index (χ4n) is 3.40. The zero-order valence-corrected chi connectivity index (χ0v) is 19.5. The quantitative estimate of drug-likeness (QED) is 0.333. The second-order valence-corrected chi connectivity index (χ2v) is 7.73. The first kappa shape index (κ1) is 23.5. The standard InChI is InChI=1S/C22H28F2N4.HI/c1-25-21(26-13-16-7-8-20(24)17(11-16)14-28(2)3)27-15-22(9-10-22)18-5-4-6-19(23)12-18;/h4-8,11-12H,9-10,13-15H2,1-3H3,(H2,25,26,27);1H. The van der Waals surface area contributed by atoms with E-state index in [9.17, 15) is 8.78 Å². The molecule has 2 aromatic rings. The van der Waals surface area contributed by atoms with Crippen LogP contribution in [0.15, 0.2) is 47.5 Å². The highest BCUT2D eigenvalue weighted by Gasteiger charge is 2.44. The Hall–Kier alpha value is -1.74. The zero-order valence-electron chi connectivity index (χ0n) is 17.1. The van der Waals surface area contributed by atoms with Crippen LogP contribution in [0.2, 0.25) is 0 Å². The van der Waals surface area contributed by atoms with Gasteiger partial charge in [0.25, 0.3) is 0 Å². The van der Waals surface area contributed by atoms with Gasteiger partial charge in [-0.05, 0) is 62.3 Å². The highest BCUT2D eigenvalue weighted by Crippen LogP contribution is 2.47. The van der Waals surface area contributed by atoms with Crippen LogP contribution in [-0.2, 0) is 18.5 Å². The van der Waals surface area contributed by atoms with Gasteiger partial charge in [-0.15, -0.1) is 24.0 Å². The average molecular weight is 514 g/mol. The molecule has 0 spiro atoms. The van der Waals surface area contributed by atoms with Crippen molar-refractivity contribution in [2.24, 2.45) is 4.99 Å². The molecule has 0 bridgehead atoms. The highest BCUT2D eigenvalue weighted by molar-refractivity contribution is 14.0. The number of guanidine groups is 1. The fourth-order valence-corrected chi connectivity index (χ4v) is 3.40. The number of aliphatic imine (C=N–C) groups is 1. The van der Waals surface area contributed by atoms with Crippen molar-refractivity contribution in [1.82, 2.24) is 15.5 Å². The molecule has 3 rings (SSSR count). The molecular formula is C22H29F2IN4. The van der Waals surface area contributed by atoms with Crippen molar-refractivity contribution in [2.45, 2.75) is 31.3 Å². The van der Waals surface area contributed by atoms with Gasteiger partial charge in [0.1, 0.15) is 11.6 Å². The summed E-state index contributed by atoms with van der Waals surface area (Å²) in [6.45, 7) is 1.81. The predicted octanol–water partition coefficient (Wildman–Crippen LogP) is 4.04. The molecule has 2 N–H and O–H groups in total. The van der Waals surface area contributed by atoms with Crippen molar-refractivity contribution in [3.63, 3.8) is 0 Å². The van der Waals surface area contributed by atoms with Gasteiger partial charge in [-0.25, -0.2) is 8.78 Å². The largest absolute Gasteiger partial charge is 0.356 e. The minimum absolute atomic E-state index is 0. The minimum Gasteiger partial charge on any atom is -0.356 e. The summed E-state index contributed by atoms with van der Waals surface area (Å²) in [4.78, 5) is 6.21. The molecule has 158 valence electrons. The fraction of sp³-hybridized carbons (Fsp3) is 0.409. The second kappa shape index (κ2) is 10.3. The van der Waals surface area contributed by atoms with Crippen LogP contribution >= 0.6 is 24.0 Å². The van der Waals surface area contributed by atoms with Crippen molar-refractivity contribution >= 4 is 29.9 Å². The van der Waals surface area contributed by atoms with Crippen LogP contribution < -0.4 is 10.6 Å². The van der Waals surface area contributed by atoms with Crippen LogP contribution in [0.4, 0.5) is 8.78 Å². The van der Waals surface area contributed by atoms with Gasteiger partial charge >= 0.3 is 0 Å². The minimum atomic E-state index is -0.198. The average Bonchev–Trinajstić information content (AvgIpc) is 3.45. The lowest BCUT2D eigenvalue weighted by molar-refractivity contribution is 0.392. The summed E-state index contributed by atoms with van der Waals surface area (Å²) in [6, 6.07) is 12.0. The number of nitrogens with zero attached hydrogens (tertiary/aromatic N) is 2. The lowest BCUT2D eigenvalue weighted by Crippen LogP contribution is -2.40. The van der Waals surface area contributed by atoms with Crippen LogP contribution in [0.5, 0.6) is 0 Å². The summed E-state index contributed by atoms with van der Waals surface area (Å²) in [5.74, 6) is 0.294. The number of hydrogen-bond acceptors (Lipinski definition) is 2. The molecule has 0 aromatic heterocycles. The first-order valence-corrected chi connectivity index (χ1v) is 9.54. The summed E-state index contributed by atoms with van der Waals surface area (Å²) in [5.41, 5.74) is 2.68. The van der Waals surface area contributed by atoms with Crippen LogP contribution in [0, 0.1) is 11.6 Å². The summed E-state index contributed by atoms with van der Waals surface area (Å²) in [6.07, 6.45) is 2.07. The number of nitrogens with one attached hydrogen (secondary N) is 2. The van der Waals surface area contributed by atoms with Crippen LogP contribution in [0.1, 0.15) is 29.5 Å². The van der Waals surface area contributed by atoms with Gasteiger partial charge < -0.3 is 15.5 Å². The van der Waals surface area contributed by atoms with Gasteiger partial charge in [-0.1, -0.05) is 18.2 Å². The maximum Gasteiger partial charge on any atom is 0.191 e. The monoisotopic (exact) mass is 514 g/mol. The Morgan fingerprint density at radius 2 is 1.86 bits per heavy atom. The molecule has 0 radical (unpaired) electrons. The molecule has 0 heterocycles. The van der Waals surface area contributed by atoms with Crippen LogP contribution in [0.25, 0.3) is 0 Å². The first-order chi connectivity index (χ1) is 13.4. The van der Waals surface area contributed by atoms with E-state index >= 15 is 0 Å². The van der Waals surface area contributed by atoms with E-state index in [1.165, 1.54) is 12.1 Å².